The number of carbonyl (C=O) groups excluding carboxylic acids is 2. The van der Waals surface area contributed by atoms with Crippen molar-refractivity contribution in [1.82, 2.24) is 10.3 Å². The highest BCUT2D eigenvalue weighted by Gasteiger charge is 2.38. The molecule has 2 amide bonds. The molecule has 0 aliphatic heterocycles. The molecule has 0 radical (unpaired) electrons. The minimum absolute atomic E-state index is 0.0509. The lowest BCUT2D eigenvalue weighted by atomic mass is 10.0. The Hall–Kier alpha value is -5.18. The molecule has 15 heteroatoms. The van der Waals surface area contributed by atoms with Gasteiger partial charge >= 0.3 is 12.1 Å². The molecule has 11 nitrogen and oxygen atoms in total. The Morgan fingerprint density at radius 1 is 1.00 bits per heavy atom. The number of sulfone groups is 1. The van der Waals surface area contributed by atoms with Crippen LogP contribution < -0.4 is 21.7 Å². The maximum absolute atomic E-state index is 13.6. The van der Waals surface area contributed by atoms with E-state index in [9.17, 15) is 31.2 Å². The normalized spacial score (nSPS) is 12.0. The van der Waals surface area contributed by atoms with Crippen molar-refractivity contribution in [2.45, 2.75) is 44.4 Å². The van der Waals surface area contributed by atoms with Gasteiger partial charge < -0.3 is 26.8 Å². The minimum atomic E-state index is -5.08. The highest BCUT2D eigenvalue weighted by atomic mass is 32.2. The summed E-state index contributed by atoms with van der Waals surface area (Å²) in [5.74, 6) is -3.06. The van der Waals surface area contributed by atoms with E-state index in [-0.39, 0.29) is 29.0 Å². The third kappa shape index (κ3) is 9.41. The number of nitrogens with two attached hydrogens (primary N) is 1. The van der Waals surface area contributed by atoms with Gasteiger partial charge in [0.25, 0.3) is 0 Å². The Labute approximate surface area is 262 Å². The van der Waals surface area contributed by atoms with Crippen molar-refractivity contribution in [2.24, 2.45) is 0 Å². The molecule has 1 unspecified atom stereocenters. The number of carboxylic acid groups (broad SMARTS) is 1. The molecule has 0 fully saturated rings. The number of carbonyl (C=O) groups is 3. The number of fused-ring (bicyclic) bond motifs is 1. The van der Waals surface area contributed by atoms with E-state index < -0.39 is 28.0 Å². The average Bonchev–Trinajstić information content (AvgIpc) is 2.98. The number of hydrogen-bond donors (Lipinski definition) is 5. The molecule has 0 aliphatic rings. The summed E-state index contributed by atoms with van der Waals surface area (Å²) in [6, 6.07) is 18.8. The third-order valence-corrected chi connectivity index (χ3v) is 8.36. The zero-order chi connectivity index (χ0) is 34.2. The molecule has 4 aromatic rings. The van der Waals surface area contributed by atoms with E-state index in [2.05, 4.69) is 20.9 Å². The molecule has 0 aliphatic carbocycles. The number of anilines is 3. The summed E-state index contributed by atoms with van der Waals surface area (Å²) in [5.41, 5.74) is 9.25. The van der Waals surface area contributed by atoms with E-state index >= 15 is 0 Å². The number of alkyl halides is 3. The van der Waals surface area contributed by atoms with Crippen LogP contribution in [-0.4, -0.2) is 48.2 Å². The van der Waals surface area contributed by atoms with Crippen LogP contribution in [0.15, 0.2) is 77.8 Å². The third-order valence-electron chi connectivity index (χ3n) is 6.54. The number of rotatable bonds is 9. The predicted molar refractivity (Wildman–Crippen MR) is 168 cm³/mol. The van der Waals surface area contributed by atoms with Crippen molar-refractivity contribution in [3.8, 4) is 0 Å². The van der Waals surface area contributed by atoms with Crippen LogP contribution in [0.3, 0.4) is 0 Å². The van der Waals surface area contributed by atoms with E-state index in [0.717, 1.165) is 21.9 Å². The molecule has 1 atom stereocenters. The second-order valence-electron chi connectivity index (χ2n) is 10.1. The minimum Gasteiger partial charge on any atom is -0.475 e. The number of nitrogen functional groups attached to an aromatic ring is 1. The van der Waals surface area contributed by atoms with Crippen LogP contribution in [0.1, 0.15) is 36.6 Å². The molecular formula is C31H32F3N5O6S. The van der Waals surface area contributed by atoms with Crippen LogP contribution >= 0.6 is 0 Å². The fraction of sp³-hybridized carbons (Fsp3) is 0.226. The molecule has 0 saturated carbocycles. The van der Waals surface area contributed by atoms with Gasteiger partial charge in [-0.2, -0.15) is 13.2 Å². The summed E-state index contributed by atoms with van der Waals surface area (Å²) in [6.45, 7) is 4.82. The summed E-state index contributed by atoms with van der Waals surface area (Å²) in [4.78, 5) is 38.3. The van der Waals surface area contributed by atoms with E-state index in [1.807, 2.05) is 55.5 Å². The smallest absolute Gasteiger partial charge is 0.475 e. The van der Waals surface area contributed by atoms with E-state index in [1.165, 1.54) is 19.1 Å². The highest BCUT2D eigenvalue weighted by Crippen LogP contribution is 2.27. The molecule has 244 valence electrons. The molecule has 6 N–H and O–H groups in total. The van der Waals surface area contributed by atoms with Crippen molar-refractivity contribution in [2.75, 3.05) is 22.1 Å². The number of pyridine rings is 1. The van der Waals surface area contributed by atoms with Gasteiger partial charge in [-0.05, 0) is 65.9 Å². The number of amides is 2. The van der Waals surface area contributed by atoms with Crippen LogP contribution in [0.5, 0.6) is 0 Å². The number of aryl methyl sites for hydroxylation is 1. The molecule has 4 rings (SSSR count). The number of carboxylic acids is 1. The van der Waals surface area contributed by atoms with Crippen LogP contribution in [0, 0.1) is 6.92 Å². The fourth-order valence-electron chi connectivity index (χ4n) is 4.35. The van der Waals surface area contributed by atoms with Crippen LogP contribution in [-0.2, 0) is 30.8 Å². The van der Waals surface area contributed by atoms with Crippen molar-refractivity contribution < 1.29 is 41.1 Å². The molecule has 0 saturated heterocycles. The van der Waals surface area contributed by atoms with E-state index in [4.69, 9.17) is 15.6 Å². The first-order valence-corrected chi connectivity index (χ1v) is 15.4. The zero-order valence-corrected chi connectivity index (χ0v) is 25.8. The Morgan fingerprint density at radius 3 is 2.28 bits per heavy atom. The van der Waals surface area contributed by atoms with E-state index in [1.54, 1.807) is 19.2 Å². The molecular weight excluding hydrogens is 627 g/mol. The summed E-state index contributed by atoms with van der Waals surface area (Å²) in [7, 11) is -3.57. The summed E-state index contributed by atoms with van der Waals surface area (Å²) < 4.78 is 57.2. The van der Waals surface area contributed by atoms with Crippen LogP contribution in [0.25, 0.3) is 10.8 Å². The van der Waals surface area contributed by atoms with Crippen LogP contribution in [0.4, 0.5) is 30.4 Å². The van der Waals surface area contributed by atoms with Crippen LogP contribution in [0.2, 0.25) is 0 Å². The maximum Gasteiger partial charge on any atom is 0.490 e. The molecule has 1 aromatic heterocycles. The first-order chi connectivity index (χ1) is 21.5. The number of aromatic nitrogens is 1. The molecule has 1 heterocycles. The van der Waals surface area contributed by atoms with Gasteiger partial charge in [0.05, 0.1) is 10.6 Å². The Balaban J connectivity index is 0.000000738. The van der Waals surface area contributed by atoms with Crippen molar-refractivity contribution in [1.29, 1.82) is 0 Å². The van der Waals surface area contributed by atoms with Crippen molar-refractivity contribution in [3.05, 3.63) is 89.6 Å². The number of hydrogen-bond acceptors (Lipinski definition) is 8. The van der Waals surface area contributed by atoms with Gasteiger partial charge in [0.15, 0.2) is 9.84 Å². The van der Waals surface area contributed by atoms with Gasteiger partial charge in [-0.25, -0.2) is 18.2 Å². The summed E-state index contributed by atoms with van der Waals surface area (Å²) >= 11 is 0. The lowest BCUT2D eigenvalue weighted by molar-refractivity contribution is -0.192. The first kappa shape index (κ1) is 35.3. The second kappa shape index (κ2) is 14.7. The van der Waals surface area contributed by atoms with Gasteiger partial charge in [-0.3, -0.25) is 9.59 Å². The standard InChI is InChI=1S/C29H31N5O4S.C2HF3O2/c1-4-39(37,38)26-11-9-23(33-19(3)35)16-22(26)17-32-29(36)27(21-7-5-6-18(2)14-21)34-24-8-10-25-20(15-24)12-13-31-28(25)30;3-2(4,5)1(6)7/h5-16,27,34H,4,17H2,1-3H3,(H2,30,31)(H,32,36)(H,33,35);(H,6,7). The van der Waals surface area contributed by atoms with Gasteiger partial charge in [-0.1, -0.05) is 36.8 Å². The van der Waals surface area contributed by atoms with E-state index in [0.29, 0.717) is 22.8 Å². The van der Waals surface area contributed by atoms with Gasteiger partial charge in [0.1, 0.15) is 11.9 Å². The largest absolute Gasteiger partial charge is 0.490 e. The van der Waals surface area contributed by atoms with Crippen molar-refractivity contribution >= 4 is 55.6 Å². The second-order valence-corrected chi connectivity index (χ2v) is 12.3. The topological polar surface area (TPSA) is 181 Å². The molecule has 46 heavy (non-hydrogen) atoms. The average molecular weight is 660 g/mol. The quantitative estimate of drug-likeness (QED) is 0.166. The molecule has 0 spiro atoms. The zero-order valence-electron chi connectivity index (χ0n) is 25.0. The number of aliphatic carboxylic acids is 1. The monoisotopic (exact) mass is 659 g/mol. The lowest BCUT2D eigenvalue weighted by Crippen LogP contribution is -2.33. The summed E-state index contributed by atoms with van der Waals surface area (Å²) in [6.07, 6.45) is -3.46. The first-order valence-electron chi connectivity index (χ1n) is 13.7. The predicted octanol–water partition coefficient (Wildman–Crippen LogP) is 4.98. The fourth-order valence-corrected chi connectivity index (χ4v) is 5.47. The number of halogens is 3. The SMILES string of the molecule is CCS(=O)(=O)c1ccc(NC(C)=O)cc1CNC(=O)C(Nc1ccc2c(N)nccc2c1)c1cccc(C)c1.O=C(O)C(F)(F)F. The Bertz CT molecular complexity index is 1870. The van der Waals surface area contributed by atoms with Gasteiger partial charge in [0.2, 0.25) is 11.8 Å². The Kier molecular flexibility index (Phi) is 11.3. The van der Waals surface area contributed by atoms with Gasteiger partial charge in [0, 0.05) is 36.4 Å². The van der Waals surface area contributed by atoms with Crippen molar-refractivity contribution in [3.63, 3.8) is 0 Å². The molecule has 3 aromatic carbocycles. The summed E-state index contributed by atoms with van der Waals surface area (Å²) in [5, 5.41) is 17.7. The number of benzene rings is 3. The Morgan fingerprint density at radius 2 is 1.67 bits per heavy atom. The number of nitrogens with zero attached hydrogens (tertiary/aromatic N) is 1. The van der Waals surface area contributed by atoms with Gasteiger partial charge in [-0.15, -0.1) is 0 Å². The maximum atomic E-state index is 13.6. The highest BCUT2D eigenvalue weighted by molar-refractivity contribution is 7.91. The number of nitrogens with one attached hydrogen (secondary N) is 3. The molecule has 0 bridgehead atoms. The lowest BCUT2D eigenvalue weighted by Gasteiger charge is -2.21.